The smallest absolute Gasteiger partial charge is 0.416 e. The number of rotatable bonds is 4. The van der Waals surface area contributed by atoms with Crippen molar-refractivity contribution < 1.29 is 22.7 Å². The summed E-state index contributed by atoms with van der Waals surface area (Å²) in [5.41, 5.74) is -0.602. The van der Waals surface area contributed by atoms with Crippen LogP contribution in [0.4, 0.5) is 18.9 Å². The fraction of sp³-hybridized carbons (Fsp3) is 0.231. The third-order valence-corrected chi connectivity index (χ3v) is 2.23. The summed E-state index contributed by atoms with van der Waals surface area (Å²) in [6.07, 6.45) is -0.558. The van der Waals surface area contributed by atoms with Gasteiger partial charge >= 0.3 is 12.1 Å². The van der Waals surface area contributed by atoms with Crippen LogP contribution in [-0.2, 0) is 15.7 Å². The molecular weight excluding hydrogens is 273 g/mol. The Balaban J connectivity index is 2.87. The molecule has 1 rings (SSSR count). The lowest BCUT2D eigenvalue weighted by Crippen LogP contribution is -2.10. The van der Waals surface area contributed by atoms with E-state index >= 15 is 0 Å². The van der Waals surface area contributed by atoms with Crippen molar-refractivity contribution in [2.24, 2.45) is 0 Å². The van der Waals surface area contributed by atoms with Crippen LogP contribution < -0.4 is 4.90 Å². The zero-order valence-electron chi connectivity index (χ0n) is 10.5. The summed E-state index contributed by atoms with van der Waals surface area (Å²) in [5, 5.41) is 8.90. The van der Waals surface area contributed by atoms with Crippen LogP contribution in [-0.4, -0.2) is 12.6 Å². The number of hydrogen-bond donors (Lipinski definition) is 0. The molecule has 0 N–H and O–H groups in total. The first-order chi connectivity index (χ1) is 9.38. The second kappa shape index (κ2) is 6.61. The minimum atomic E-state index is -4.43. The van der Waals surface area contributed by atoms with Gasteiger partial charge in [-0.3, -0.25) is 4.90 Å². The van der Waals surface area contributed by atoms with Crippen molar-refractivity contribution in [2.75, 3.05) is 11.5 Å². The van der Waals surface area contributed by atoms with Crippen LogP contribution in [0.2, 0.25) is 0 Å². The first-order valence-electron chi connectivity index (χ1n) is 5.59. The quantitative estimate of drug-likeness (QED) is 0.369. The minimum Gasteiger partial charge on any atom is -0.463 e. The monoisotopic (exact) mass is 284 g/mol. The van der Waals surface area contributed by atoms with Gasteiger partial charge in [0.1, 0.15) is 0 Å². The molecule has 0 bridgehead atoms. The molecule has 0 aliphatic carbocycles. The number of ether oxygens (including phenoxy) is 1. The highest BCUT2D eigenvalue weighted by molar-refractivity contribution is 5.82. The van der Waals surface area contributed by atoms with E-state index in [-0.39, 0.29) is 12.3 Å². The van der Waals surface area contributed by atoms with E-state index in [9.17, 15) is 18.0 Å². The molecule has 0 aliphatic heterocycles. The van der Waals surface area contributed by atoms with Crippen molar-refractivity contribution in [2.45, 2.75) is 13.1 Å². The van der Waals surface area contributed by atoms with E-state index in [0.717, 1.165) is 41.4 Å². The van der Waals surface area contributed by atoms with Crippen molar-refractivity contribution in [3.63, 3.8) is 0 Å². The summed E-state index contributed by atoms with van der Waals surface area (Å²) in [6, 6.07) is 4.00. The third-order valence-electron chi connectivity index (χ3n) is 2.23. The van der Waals surface area contributed by atoms with Gasteiger partial charge in [0.25, 0.3) is 0 Å². The Morgan fingerprint density at radius 3 is 2.45 bits per heavy atom. The fourth-order valence-corrected chi connectivity index (χ4v) is 1.31. The summed E-state index contributed by atoms with van der Waals surface area (Å²) in [5.74, 6) is -0.639. The van der Waals surface area contributed by atoms with Gasteiger partial charge in [0.15, 0.2) is 6.19 Å². The highest BCUT2D eigenvalue weighted by Gasteiger charge is 2.30. The Labute approximate surface area is 113 Å². The van der Waals surface area contributed by atoms with E-state index in [2.05, 4.69) is 4.74 Å². The summed E-state index contributed by atoms with van der Waals surface area (Å²) in [7, 11) is 0. The third kappa shape index (κ3) is 4.31. The van der Waals surface area contributed by atoms with E-state index in [1.165, 1.54) is 0 Å². The predicted molar refractivity (Wildman–Crippen MR) is 65.3 cm³/mol. The number of esters is 1. The Kier molecular flexibility index (Phi) is 5.15. The van der Waals surface area contributed by atoms with E-state index in [1.54, 1.807) is 13.1 Å². The Morgan fingerprint density at radius 2 is 2.00 bits per heavy atom. The van der Waals surface area contributed by atoms with Gasteiger partial charge in [-0.1, -0.05) is 0 Å². The van der Waals surface area contributed by atoms with Crippen molar-refractivity contribution in [3.8, 4) is 6.19 Å². The van der Waals surface area contributed by atoms with Crippen molar-refractivity contribution in [1.82, 2.24) is 0 Å². The number of carbonyl (C=O) groups excluding carboxylic acids is 1. The van der Waals surface area contributed by atoms with Gasteiger partial charge in [0.2, 0.25) is 0 Å². The number of alkyl halides is 3. The van der Waals surface area contributed by atoms with E-state index in [0.29, 0.717) is 0 Å². The first kappa shape index (κ1) is 15.6. The van der Waals surface area contributed by atoms with Crippen molar-refractivity contribution >= 4 is 11.7 Å². The molecule has 0 aromatic heterocycles. The van der Waals surface area contributed by atoms with Crippen LogP contribution >= 0.6 is 0 Å². The zero-order chi connectivity index (χ0) is 15.2. The number of carbonyl (C=O) groups is 1. The molecule has 4 nitrogen and oxygen atoms in total. The average molecular weight is 284 g/mol. The number of anilines is 1. The number of benzene rings is 1. The van der Waals surface area contributed by atoms with Crippen LogP contribution in [0.3, 0.4) is 0 Å². The molecule has 1 aromatic rings. The lowest BCUT2D eigenvalue weighted by Gasteiger charge is -2.12. The number of halogens is 3. The van der Waals surface area contributed by atoms with Crippen LogP contribution in [0.1, 0.15) is 12.5 Å². The molecule has 1 aromatic carbocycles. The van der Waals surface area contributed by atoms with Gasteiger partial charge < -0.3 is 4.74 Å². The molecule has 0 saturated heterocycles. The van der Waals surface area contributed by atoms with Gasteiger partial charge in [-0.15, -0.1) is 0 Å². The fourth-order valence-electron chi connectivity index (χ4n) is 1.31. The molecule has 0 amide bonds. The highest BCUT2D eigenvalue weighted by atomic mass is 19.4. The summed E-state index contributed by atoms with van der Waals surface area (Å²) in [6.45, 7) is 1.82. The molecule has 0 atom stereocenters. The molecule has 0 unspecified atom stereocenters. The number of nitriles is 1. The summed E-state index contributed by atoms with van der Waals surface area (Å²) in [4.78, 5) is 12.0. The Hall–Kier alpha value is -2.49. The first-order valence-corrected chi connectivity index (χ1v) is 5.59. The molecule has 0 fully saturated rings. The van der Waals surface area contributed by atoms with Crippen molar-refractivity contribution in [1.29, 1.82) is 5.26 Å². The lowest BCUT2D eigenvalue weighted by molar-refractivity contribution is -0.138. The maximum atomic E-state index is 12.4. The lowest BCUT2D eigenvalue weighted by atomic mass is 10.2. The van der Waals surface area contributed by atoms with E-state index in [4.69, 9.17) is 5.26 Å². The normalized spacial score (nSPS) is 11.2. The molecule has 20 heavy (non-hydrogen) atoms. The molecule has 0 heterocycles. The van der Waals surface area contributed by atoms with Gasteiger partial charge in [-0.2, -0.15) is 18.4 Å². The summed E-state index contributed by atoms with van der Waals surface area (Å²) >= 11 is 0. The molecule has 0 saturated carbocycles. The van der Waals surface area contributed by atoms with Crippen LogP contribution in [0, 0.1) is 11.5 Å². The number of nitrogens with zero attached hydrogens (tertiary/aromatic N) is 2. The number of hydrogen-bond acceptors (Lipinski definition) is 4. The SMILES string of the molecule is CCOC(=O)/C=C\N(C#N)c1ccc(C(F)(F)F)cc1. The average Bonchev–Trinajstić information content (AvgIpc) is 2.39. The second-order valence-electron chi connectivity index (χ2n) is 3.58. The topological polar surface area (TPSA) is 53.3 Å². The largest absolute Gasteiger partial charge is 0.463 e. The molecule has 0 spiro atoms. The molecular formula is C13H11F3N2O2. The van der Waals surface area contributed by atoms with E-state index in [1.807, 2.05) is 0 Å². The molecule has 0 radical (unpaired) electrons. The Morgan fingerprint density at radius 1 is 1.40 bits per heavy atom. The predicted octanol–water partition coefficient (Wildman–Crippen LogP) is 3.07. The standard InChI is InChI=1S/C13H11F3N2O2/c1-2-20-12(19)7-8-18(9-17)11-5-3-10(4-6-11)13(14,15)16/h3-8H,2H2,1H3/b8-7-. The second-order valence-corrected chi connectivity index (χ2v) is 3.58. The van der Waals surface area contributed by atoms with Crippen LogP contribution in [0.5, 0.6) is 0 Å². The zero-order valence-corrected chi connectivity index (χ0v) is 10.5. The Bertz CT molecular complexity index is 530. The van der Waals surface area contributed by atoms with Gasteiger partial charge in [0.05, 0.1) is 17.9 Å². The maximum Gasteiger partial charge on any atom is 0.416 e. The van der Waals surface area contributed by atoms with Crippen molar-refractivity contribution in [3.05, 3.63) is 42.1 Å². The van der Waals surface area contributed by atoms with E-state index < -0.39 is 17.7 Å². The van der Waals surface area contributed by atoms with Gasteiger partial charge in [0, 0.05) is 12.3 Å². The minimum absolute atomic E-state index is 0.190. The van der Waals surface area contributed by atoms with Gasteiger partial charge in [-0.05, 0) is 31.2 Å². The molecule has 7 heteroatoms. The van der Waals surface area contributed by atoms with Crippen LogP contribution in [0.15, 0.2) is 36.5 Å². The van der Waals surface area contributed by atoms with Crippen LogP contribution in [0.25, 0.3) is 0 Å². The summed E-state index contributed by atoms with van der Waals surface area (Å²) < 4.78 is 41.8. The van der Waals surface area contributed by atoms with Gasteiger partial charge in [-0.25, -0.2) is 4.79 Å². The molecule has 0 aliphatic rings. The highest BCUT2D eigenvalue weighted by Crippen LogP contribution is 2.30. The maximum absolute atomic E-state index is 12.4. The molecule has 106 valence electrons.